The molecule has 196 valence electrons. The van der Waals surface area contributed by atoms with E-state index >= 15 is 0 Å². The fourth-order valence-corrected chi connectivity index (χ4v) is 4.74. The Labute approximate surface area is 221 Å². The number of benzene rings is 2. The lowest BCUT2D eigenvalue weighted by Gasteiger charge is -2.30. The molecule has 2 fully saturated rings. The van der Waals surface area contributed by atoms with Crippen LogP contribution in [0.2, 0.25) is 0 Å². The van der Waals surface area contributed by atoms with Gasteiger partial charge < -0.3 is 24.4 Å². The Morgan fingerprint density at radius 3 is 2.32 bits per heavy atom. The maximum Gasteiger partial charge on any atom is 0.337 e. The van der Waals surface area contributed by atoms with Gasteiger partial charge in [-0.15, -0.1) is 0 Å². The van der Waals surface area contributed by atoms with Gasteiger partial charge in [-0.05, 0) is 60.7 Å². The Kier molecular flexibility index (Phi) is 8.70. The van der Waals surface area contributed by atoms with E-state index < -0.39 is 12.0 Å². The van der Waals surface area contributed by atoms with Gasteiger partial charge in [0, 0.05) is 31.9 Å². The summed E-state index contributed by atoms with van der Waals surface area (Å²) in [6.07, 6.45) is -0.0759. The molecular formula is C26H30N4O6S. The molecule has 2 aliphatic heterocycles. The zero-order valence-electron chi connectivity index (χ0n) is 20.8. The van der Waals surface area contributed by atoms with Crippen molar-refractivity contribution >= 4 is 46.5 Å². The molecule has 0 radical (unpaired) electrons. The van der Waals surface area contributed by atoms with Crippen molar-refractivity contribution in [3.8, 4) is 5.75 Å². The number of methoxy groups -OCH3 is 2. The number of hydrogen-bond donors (Lipinski definition) is 1. The average Bonchev–Trinajstić information content (AvgIpc) is 3.16. The van der Waals surface area contributed by atoms with Crippen LogP contribution in [-0.2, 0) is 19.1 Å². The number of nitrogens with one attached hydrogen (secondary N) is 1. The lowest BCUT2D eigenvalue weighted by atomic mass is 10.1. The highest BCUT2D eigenvalue weighted by molar-refractivity contribution is 7.80. The number of morpholine rings is 1. The van der Waals surface area contributed by atoms with Crippen LogP contribution in [0.1, 0.15) is 16.8 Å². The smallest absolute Gasteiger partial charge is 0.337 e. The normalized spacial score (nSPS) is 18.2. The number of carbonyl (C=O) groups is 3. The molecule has 37 heavy (non-hydrogen) atoms. The van der Waals surface area contributed by atoms with E-state index in [4.69, 9.17) is 26.4 Å². The van der Waals surface area contributed by atoms with Gasteiger partial charge in [0.05, 0.1) is 45.1 Å². The molecule has 0 spiro atoms. The van der Waals surface area contributed by atoms with Crippen LogP contribution in [0.15, 0.2) is 48.5 Å². The van der Waals surface area contributed by atoms with Gasteiger partial charge in [0.2, 0.25) is 5.91 Å². The SMILES string of the molecule is COC(=O)c1ccc(NC(=O)CC2C(=O)N(c3ccc(OC)cc3)C(=S)N2CCN2CCOCC2)cc1. The van der Waals surface area contributed by atoms with E-state index in [1.165, 1.54) is 12.0 Å². The van der Waals surface area contributed by atoms with Gasteiger partial charge in [0.15, 0.2) is 5.11 Å². The molecule has 1 unspecified atom stereocenters. The molecule has 0 bridgehead atoms. The third-order valence-corrected chi connectivity index (χ3v) is 6.80. The zero-order chi connectivity index (χ0) is 26.4. The molecule has 2 amide bonds. The van der Waals surface area contributed by atoms with Gasteiger partial charge in [0.1, 0.15) is 11.8 Å². The standard InChI is InChI=1S/C26H30N4O6S/c1-34-21-9-7-20(8-10-21)30-24(32)22(29(26(30)37)12-11-28-13-15-36-16-14-28)17-23(31)27-19-5-3-18(4-6-19)25(33)35-2/h3-10,22H,11-17H2,1-2H3,(H,27,31). The first-order valence-electron chi connectivity index (χ1n) is 12.0. The second-order valence-electron chi connectivity index (χ2n) is 8.64. The minimum atomic E-state index is -0.745. The number of amides is 2. The minimum absolute atomic E-state index is 0.0759. The Bertz CT molecular complexity index is 1130. The van der Waals surface area contributed by atoms with Crippen LogP contribution >= 0.6 is 12.2 Å². The van der Waals surface area contributed by atoms with E-state index in [2.05, 4.69) is 10.2 Å². The first-order valence-corrected chi connectivity index (χ1v) is 12.4. The molecule has 2 heterocycles. The predicted molar refractivity (Wildman–Crippen MR) is 142 cm³/mol. The van der Waals surface area contributed by atoms with Crippen LogP contribution in [-0.4, -0.2) is 92.4 Å². The maximum absolute atomic E-state index is 13.6. The van der Waals surface area contributed by atoms with E-state index in [-0.39, 0.29) is 18.2 Å². The number of thiocarbonyl (C=S) groups is 1. The molecule has 0 aliphatic carbocycles. The first-order chi connectivity index (χ1) is 17.9. The van der Waals surface area contributed by atoms with E-state index in [1.54, 1.807) is 55.6 Å². The Morgan fingerprint density at radius 1 is 1.03 bits per heavy atom. The van der Waals surface area contributed by atoms with Crippen LogP contribution in [0, 0.1) is 0 Å². The van der Waals surface area contributed by atoms with Crippen molar-refractivity contribution in [2.45, 2.75) is 12.5 Å². The monoisotopic (exact) mass is 526 g/mol. The number of anilines is 2. The highest BCUT2D eigenvalue weighted by atomic mass is 32.1. The Balaban J connectivity index is 1.49. The van der Waals surface area contributed by atoms with E-state index in [1.807, 2.05) is 4.90 Å². The zero-order valence-corrected chi connectivity index (χ0v) is 21.7. The third kappa shape index (κ3) is 6.24. The fourth-order valence-electron chi connectivity index (χ4n) is 4.33. The predicted octanol–water partition coefficient (Wildman–Crippen LogP) is 2.14. The number of nitrogens with zero attached hydrogens (tertiary/aromatic N) is 3. The highest BCUT2D eigenvalue weighted by Gasteiger charge is 2.44. The van der Waals surface area contributed by atoms with Crippen molar-refractivity contribution in [1.82, 2.24) is 9.80 Å². The van der Waals surface area contributed by atoms with Crippen molar-refractivity contribution in [2.24, 2.45) is 0 Å². The van der Waals surface area contributed by atoms with Crippen LogP contribution in [0.25, 0.3) is 0 Å². The van der Waals surface area contributed by atoms with Crippen molar-refractivity contribution in [2.75, 3.05) is 63.8 Å². The summed E-state index contributed by atoms with van der Waals surface area (Å²) in [4.78, 5) is 43.8. The van der Waals surface area contributed by atoms with Crippen molar-refractivity contribution < 1.29 is 28.6 Å². The van der Waals surface area contributed by atoms with Crippen molar-refractivity contribution in [3.63, 3.8) is 0 Å². The summed E-state index contributed by atoms with van der Waals surface area (Å²) in [5, 5.41) is 3.17. The number of hydrogen-bond acceptors (Lipinski definition) is 8. The molecule has 1 atom stereocenters. The molecule has 2 aliphatic rings. The molecule has 2 aromatic rings. The molecule has 2 saturated heterocycles. The van der Waals surface area contributed by atoms with Gasteiger partial charge >= 0.3 is 5.97 Å². The molecule has 4 rings (SSSR count). The first kappa shape index (κ1) is 26.5. The molecule has 1 N–H and O–H groups in total. The van der Waals surface area contributed by atoms with Gasteiger partial charge in [-0.1, -0.05) is 0 Å². The largest absolute Gasteiger partial charge is 0.497 e. The van der Waals surface area contributed by atoms with E-state index in [0.717, 1.165) is 13.1 Å². The molecule has 10 nitrogen and oxygen atoms in total. The van der Waals surface area contributed by atoms with Crippen LogP contribution in [0.5, 0.6) is 5.75 Å². The molecule has 0 aromatic heterocycles. The minimum Gasteiger partial charge on any atom is -0.497 e. The van der Waals surface area contributed by atoms with Crippen LogP contribution in [0.4, 0.5) is 11.4 Å². The van der Waals surface area contributed by atoms with Gasteiger partial charge in [-0.2, -0.15) is 0 Å². The highest BCUT2D eigenvalue weighted by Crippen LogP contribution is 2.29. The molecule has 11 heteroatoms. The summed E-state index contributed by atoms with van der Waals surface area (Å²) in [6.45, 7) is 4.15. The van der Waals surface area contributed by atoms with Crippen LogP contribution < -0.4 is 15.0 Å². The summed E-state index contributed by atoms with van der Waals surface area (Å²) < 4.78 is 15.4. The maximum atomic E-state index is 13.6. The quantitative estimate of drug-likeness (QED) is 0.389. The van der Waals surface area contributed by atoms with Gasteiger partial charge in [-0.3, -0.25) is 19.4 Å². The van der Waals surface area contributed by atoms with E-state index in [9.17, 15) is 14.4 Å². The van der Waals surface area contributed by atoms with Gasteiger partial charge in [0.25, 0.3) is 5.91 Å². The Morgan fingerprint density at radius 2 is 1.70 bits per heavy atom. The lowest BCUT2D eigenvalue weighted by Crippen LogP contribution is -2.45. The lowest BCUT2D eigenvalue weighted by molar-refractivity contribution is -0.124. The molecule has 0 saturated carbocycles. The third-order valence-electron chi connectivity index (χ3n) is 6.38. The summed E-state index contributed by atoms with van der Waals surface area (Å²) in [7, 11) is 2.88. The number of rotatable bonds is 9. The fraction of sp³-hybridized carbons (Fsp3) is 0.385. The summed E-state index contributed by atoms with van der Waals surface area (Å²) >= 11 is 5.74. The van der Waals surface area contributed by atoms with Gasteiger partial charge in [-0.25, -0.2) is 4.79 Å². The molecular weight excluding hydrogens is 496 g/mol. The summed E-state index contributed by atoms with van der Waals surface area (Å²) in [6, 6.07) is 12.7. The van der Waals surface area contributed by atoms with E-state index in [0.29, 0.717) is 54.1 Å². The average molecular weight is 527 g/mol. The summed E-state index contributed by atoms with van der Waals surface area (Å²) in [5.74, 6) is -0.384. The number of ether oxygens (including phenoxy) is 3. The summed E-state index contributed by atoms with van der Waals surface area (Å²) in [5.41, 5.74) is 1.51. The second-order valence-corrected chi connectivity index (χ2v) is 9.00. The van der Waals surface area contributed by atoms with Crippen molar-refractivity contribution in [1.29, 1.82) is 0 Å². The number of esters is 1. The number of carbonyl (C=O) groups excluding carboxylic acids is 3. The second kappa shape index (κ2) is 12.1. The van der Waals surface area contributed by atoms with Crippen molar-refractivity contribution in [3.05, 3.63) is 54.1 Å². The topological polar surface area (TPSA) is 101 Å². The molecule has 2 aromatic carbocycles. The Hall–Kier alpha value is -3.54. The van der Waals surface area contributed by atoms with Crippen LogP contribution in [0.3, 0.4) is 0 Å².